The van der Waals surface area contributed by atoms with Gasteiger partial charge in [-0.1, -0.05) is 6.07 Å². The first-order chi connectivity index (χ1) is 12.6. The number of rotatable bonds is 7. The van der Waals surface area contributed by atoms with Crippen molar-refractivity contribution < 1.29 is 22.7 Å². The summed E-state index contributed by atoms with van der Waals surface area (Å²) in [4.78, 5) is 24.0. The third-order valence-corrected chi connectivity index (χ3v) is 4.65. The van der Waals surface area contributed by atoms with Gasteiger partial charge in [0.15, 0.2) is 6.10 Å². The van der Waals surface area contributed by atoms with Crippen LogP contribution in [-0.4, -0.2) is 36.2 Å². The van der Waals surface area contributed by atoms with E-state index in [4.69, 9.17) is 9.88 Å². The monoisotopic (exact) mass is 394 g/mol. The minimum Gasteiger partial charge on any atom is -0.452 e. The molecule has 0 saturated heterocycles. The summed E-state index contributed by atoms with van der Waals surface area (Å²) in [5.74, 6) is -1.12. The zero-order valence-electron chi connectivity index (χ0n) is 15.3. The first-order valence-corrected chi connectivity index (χ1v) is 9.75. The van der Waals surface area contributed by atoms with Crippen LogP contribution in [0.3, 0.4) is 0 Å². The van der Waals surface area contributed by atoms with E-state index in [0.29, 0.717) is 6.54 Å². The van der Waals surface area contributed by atoms with E-state index in [1.807, 2.05) is 19.9 Å². The number of hydrogen-bond donors (Lipinski definition) is 2. The molecule has 27 heavy (non-hydrogen) atoms. The molecule has 1 unspecified atom stereocenters. The molecule has 2 aromatic rings. The molecule has 1 heterocycles. The molecule has 9 nitrogen and oxygen atoms in total. The number of amides is 1. The van der Waals surface area contributed by atoms with Crippen molar-refractivity contribution in [2.75, 3.05) is 5.32 Å². The maximum absolute atomic E-state index is 12.2. The van der Waals surface area contributed by atoms with Crippen LogP contribution in [0.5, 0.6) is 0 Å². The number of sulfonamides is 1. The molecule has 2 rings (SSSR count). The van der Waals surface area contributed by atoms with Crippen LogP contribution in [0.4, 0.5) is 5.69 Å². The zero-order chi connectivity index (χ0) is 20.2. The van der Waals surface area contributed by atoms with Crippen LogP contribution < -0.4 is 10.5 Å². The van der Waals surface area contributed by atoms with E-state index in [1.54, 1.807) is 4.68 Å². The highest BCUT2D eigenvalue weighted by atomic mass is 32.2. The number of aryl methyl sites for hydroxylation is 3. The number of esters is 1. The summed E-state index contributed by atoms with van der Waals surface area (Å²) in [6.45, 7) is 5.53. The van der Waals surface area contributed by atoms with Gasteiger partial charge in [-0.2, -0.15) is 5.10 Å². The van der Waals surface area contributed by atoms with Crippen LogP contribution in [0.2, 0.25) is 0 Å². The number of nitrogens with two attached hydrogens (primary N) is 1. The standard InChI is InChI=1S/C17H22N4O5S/c1-11-9-12(2)21(20-11)8-7-16(22)26-13(3)17(23)19-14-5-4-6-15(10-14)27(18,24)25/h4-6,9-10,13H,7-8H2,1-3H3,(H,19,23)(H2,18,24,25). The lowest BCUT2D eigenvalue weighted by atomic mass is 10.3. The van der Waals surface area contributed by atoms with Gasteiger partial charge in [0.05, 0.1) is 23.6 Å². The molecule has 0 spiro atoms. The van der Waals surface area contributed by atoms with Crippen molar-refractivity contribution in [1.29, 1.82) is 0 Å². The van der Waals surface area contributed by atoms with Crippen LogP contribution in [0.25, 0.3) is 0 Å². The minimum atomic E-state index is -3.88. The Morgan fingerprint density at radius 1 is 1.30 bits per heavy atom. The molecule has 10 heteroatoms. The summed E-state index contributed by atoms with van der Waals surface area (Å²) < 4.78 is 29.5. The lowest BCUT2D eigenvalue weighted by molar-refractivity contribution is -0.153. The Morgan fingerprint density at radius 3 is 2.59 bits per heavy atom. The highest BCUT2D eigenvalue weighted by Gasteiger charge is 2.19. The third-order valence-electron chi connectivity index (χ3n) is 3.74. The van der Waals surface area contributed by atoms with E-state index in [-0.39, 0.29) is 17.0 Å². The number of aromatic nitrogens is 2. The first kappa shape index (κ1) is 20.6. The summed E-state index contributed by atoms with van der Waals surface area (Å²) in [6, 6.07) is 7.39. The van der Waals surface area contributed by atoms with Crippen LogP contribution >= 0.6 is 0 Å². The molecule has 0 fully saturated rings. The molecule has 0 aliphatic heterocycles. The fourth-order valence-electron chi connectivity index (χ4n) is 2.40. The largest absolute Gasteiger partial charge is 0.452 e. The molecule has 1 atom stereocenters. The summed E-state index contributed by atoms with van der Waals surface area (Å²) in [5.41, 5.74) is 2.02. The van der Waals surface area contributed by atoms with Gasteiger partial charge in [0.25, 0.3) is 5.91 Å². The number of benzene rings is 1. The van der Waals surface area contributed by atoms with Crippen LogP contribution in [-0.2, 0) is 30.9 Å². The van der Waals surface area contributed by atoms with Crippen molar-refractivity contribution in [3.63, 3.8) is 0 Å². The SMILES string of the molecule is Cc1cc(C)n(CCC(=O)OC(C)C(=O)Nc2cccc(S(N)(=O)=O)c2)n1. The quantitative estimate of drug-likeness (QED) is 0.676. The molecule has 0 aliphatic carbocycles. The van der Waals surface area contributed by atoms with Crippen LogP contribution in [0, 0.1) is 13.8 Å². The molecule has 1 amide bonds. The van der Waals surface area contributed by atoms with E-state index < -0.39 is 28.0 Å². The number of ether oxygens (including phenoxy) is 1. The Bertz CT molecular complexity index is 952. The van der Waals surface area contributed by atoms with E-state index in [1.165, 1.54) is 31.2 Å². The average molecular weight is 394 g/mol. The second kappa shape index (κ2) is 8.31. The normalized spacial score (nSPS) is 12.4. The molecular formula is C17H22N4O5S. The number of primary sulfonamides is 1. The highest BCUT2D eigenvalue weighted by Crippen LogP contribution is 2.14. The van der Waals surface area contributed by atoms with Crippen molar-refractivity contribution in [3.8, 4) is 0 Å². The van der Waals surface area contributed by atoms with Gasteiger partial charge in [-0.15, -0.1) is 0 Å². The Hall–Kier alpha value is -2.72. The number of nitrogens with zero attached hydrogens (tertiary/aromatic N) is 2. The van der Waals surface area contributed by atoms with Crippen molar-refractivity contribution in [1.82, 2.24) is 9.78 Å². The van der Waals surface area contributed by atoms with Gasteiger partial charge in [-0.3, -0.25) is 14.3 Å². The summed E-state index contributed by atoms with van der Waals surface area (Å²) in [5, 5.41) is 11.8. The molecule has 3 N–H and O–H groups in total. The molecule has 0 radical (unpaired) electrons. The van der Waals surface area contributed by atoms with E-state index in [2.05, 4.69) is 10.4 Å². The molecule has 0 aliphatic rings. The van der Waals surface area contributed by atoms with Crippen molar-refractivity contribution in [2.45, 2.75) is 44.7 Å². The maximum atomic E-state index is 12.2. The lowest BCUT2D eigenvalue weighted by Crippen LogP contribution is -2.30. The van der Waals surface area contributed by atoms with E-state index in [9.17, 15) is 18.0 Å². The van der Waals surface area contributed by atoms with Gasteiger partial charge in [0, 0.05) is 11.4 Å². The van der Waals surface area contributed by atoms with Gasteiger partial charge < -0.3 is 10.1 Å². The number of nitrogens with one attached hydrogen (secondary N) is 1. The summed E-state index contributed by atoms with van der Waals surface area (Å²) in [6.07, 6.45) is -0.975. The molecule has 146 valence electrons. The summed E-state index contributed by atoms with van der Waals surface area (Å²) >= 11 is 0. The number of hydrogen-bond acceptors (Lipinski definition) is 6. The van der Waals surface area contributed by atoms with E-state index >= 15 is 0 Å². The fraction of sp³-hybridized carbons (Fsp3) is 0.353. The van der Waals surface area contributed by atoms with Crippen molar-refractivity contribution in [2.24, 2.45) is 5.14 Å². The number of carbonyl (C=O) groups is 2. The highest BCUT2D eigenvalue weighted by molar-refractivity contribution is 7.89. The van der Waals surface area contributed by atoms with Gasteiger partial charge >= 0.3 is 5.97 Å². The Morgan fingerprint density at radius 2 is 2.00 bits per heavy atom. The second-order valence-electron chi connectivity index (χ2n) is 6.09. The molecule has 0 saturated carbocycles. The zero-order valence-corrected chi connectivity index (χ0v) is 16.1. The second-order valence-corrected chi connectivity index (χ2v) is 7.66. The average Bonchev–Trinajstić information content (AvgIpc) is 2.90. The lowest BCUT2D eigenvalue weighted by Gasteiger charge is -2.14. The predicted octanol–water partition coefficient (Wildman–Crippen LogP) is 1.11. The van der Waals surface area contributed by atoms with Crippen molar-refractivity contribution in [3.05, 3.63) is 41.7 Å². The Balaban J connectivity index is 1.89. The minimum absolute atomic E-state index is 0.0699. The molecule has 1 aromatic heterocycles. The first-order valence-electron chi connectivity index (χ1n) is 8.20. The van der Waals surface area contributed by atoms with Crippen molar-refractivity contribution >= 4 is 27.6 Å². The molecular weight excluding hydrogens is 372 g/mol. The van der Waals surface area contributed by atoms with Crippen LogP contribution in [0.1, 0.15) is 24.7 Å². The van der Waals surface area contributed by atoms with Gasteiger partial charge in [0.2, 0.25) is 10.0 Å². The summed E-state index contributed by atoms with van der Waals surface area (Å²) in [7, 11) is -3.88. The maximum Gasteiger partial charge on any atom is 0.308 e. The number of anilines is 1. The van der Waals surface area contributed by atoms with Gasteiger partial charge in [-0.25, -0.2) is 13.6 Å². The smallest absolute Gasteiger partial charge is 0.308 e. The predicted molar refractivity (Wildman–Crippen MR) is 98.3 cm³/mol. The fourth-order valence-corrected chi connectivity index (χ4v) is 2.96. The Labute approximate surface area is 157 Å². The van der Waals surface area contributed by atoms with Crippen LogP contribution in [0.15, 0.2) is 35.2 Å². The number of carbonyl (C=O) groups excluding carboxylic acids is 2. The Kier molecular flexibility index (Phi) is 6.34. The van der Waals surface area contributed by atoms with E-state index in [0.717, 1.165) is 11.4 Å². The van der Waals surface area contributed by atoms with Gasteiger partial charge in [-0.05, 0) is 45.0 Å². The molecule has 1 aromatic carbocycles. The third kappa shape index (κ3) is 5.90. The topological polar surface area (TPSA) is 133 Å². The van der Waals surface area contributed by atoms with Gasteiger partial charge in [0.1, 0.15) is 0 Å². The molecule has 0 bridgehead atoms.